The number of nitrogens with one attached hydrogen (secondary N) is 1. The molecule has 0 fully saturated rings. The maximum absolute atomic E-state index is 11.1. The third kappa shape index (κ3) is 3.95. The number of thioether (sulfide) groups is 1. The molecule has 0 bridgehead atoms. The second kappa shape index (κ2) is 6.38. The number of aliphatic imine (C=N–C) groups is 1. The molecule has 20 heavy (non-hydrogen) atoms. The summed E-state index contributed by atoms with van der Waals surface area (Å²) < 4.78 is 30.8. The molecule has 0 amide bonds. The fourth-order valence-corrected chi connectivity index (χ4v) is 2.07. The summed E-state index contributed by atoms with van der Waals surface area (Å²) in [4.78, 5) is 14.4. The molecule has 1 rings (SSSR count). The van der Waals surface area contributed by atoms with Gasteiger partial charge in [-0.15, -0.1) is 0 Å². The highest BCUT2D eigenvalue weighted by molar-refractivity contribution is 8.13. The Morgan fingerprint density at radius 3 is 2.60 bits per heavy atom. The number of carboxylic acid groups (broad SMARTS) is 1. The van der Waals surface area contributed by atoms with Crippen molar-refractivity contribution in [3.8, 4) is 6.19 Å². The Kier molecular flexibility index (Phi) is 5.09. The van der Waals surface area contributed by atoms with Crippen LogP contribution in [0.2, 0.25) is 0 Å². The van der Waals surface area contributed by atoms with Crippen molar-refractivity contribution in [1.29, 1.82) is 5.26 Å². The average molecular weight is 315 g/mol. The molecule has 0 saturated heterocycles. The Labute approximate surface area is 118 Å². The lowest BCUT2D eigenvalue weighted by atomic mass is 10.2. The van der Waals surface area contributed by atoms with Gasteiger partial charge in [0, 0.05) is 0 Å². The third-order valence-corrected chi connectivity index (χ3v) is 3.50. The van der Waals surface area contributed by atoms with Crippen LogP contribution in [0.25, 0.3) is 0 Å². The molecule has 10 heteroatoms. The maximum Gasteiger partial charge on any atom is 0.337 e. The Morgan fingerprint density at radius 2 is 2.15 bits per heavy atom. The quantitative estimate of drug-likeness (QED) is 0.247. The molecular formula is C10H9N3O5S2. The lowest BCUT2D eigenvalue weighted by Crippen LogP contribution is -2.13. The van der Waals surface area contributed by atoms with E-state index in [4.69, 9.17) is 14.9 Å². The second-order valence-corrected chi connectivity index (χ2v) is 5.53. The summed E-state index contributed by atoms with van der Waals surface area (Å²) in [7, 11) is -4.50. The van der Waals surface area contributed by atoms with E-state index in [9.17, 15) is 13.2 Å². The minimum absolute atomic E-state index is 0.0444. The van der Waals surface area contributed by atoms with Gasteiger partial charge in [-0.25, -0.2) is 9.79 Å². The molecule has 1 aromatic carbocycles. The first kappa shape index (κ1) is 16.0. The number of benzene rings is 1. The number of amidine groups is 1. The Hall–Kier alpha value is -2.09. The summed E-state index contributed by atoms with van der Waals surface area (Å²) in [5.41, 5.74) is -0.455. The molecular weight excluding hydrogens is 306 g/mol. The number of hydrogen-bond donors (Lipinski definition) is 3. The van der Waals surface area contributed by atoms with Crippen molar-refractivity contribution in [3.63, 3.8) is 0 Å². The minimum Gasteiger partial charge on any atom is -0.478 e. The Balaban J connectivity index is 3.42. The first-order valence-electron chi connectivity index (χ1n) is 4.92. The molecule has 106 valence electrons. The highest BCUT2D eigenvalue weighted by Gasteiger charge is 2.17. The summed E-state index contributed by atoms with van der Waals surface area (Å²) in [6.07, 6.45) is 3.26. The van der Waals surface area contributed by atoms with E-state index in [0.717, 1.165) is 30.0 Å². The SMILES string of the molecule is CSC(=Nc1ccc(S(=O)(=O)O)cc1C(=O)O)NC#N. The second-order valence-electron chi connectivity index (χ2n) is 3.32. The van der Waals surface area contributed by atoms with Crippen LogP contribution in [0.1, 0.15) is 10.4 Å². The molecule has 0 aliphatic carbocycles. The van der Waals surface area contributed by atoms with Gasteiger partial charge >= 0.3 is 5.97 Å². The fraction of sp³-hybridized carbons (Fsp3) is 0.100. The Morgan fingerprint density at radius 1 is 1.50 bits per heavy atom. The van der Waals surface area contributed by atoms with Crippen LogP contribution >= 0.6 is 11.8 Å². The highest BCUT2D eigenvalue weighted by Crippen LogP contribution is 2.24. The van der Waals surface area contributed by atoms with Crippen LogP contribution < -0.4 is 5.32 Å². The van der Waals surface area contributed by atoms with E-state index in [0.29, 0.717) is 0 Å². The van der Waals surface area contributed by atoms with E-state index < -0.39 is 26.5 Å². The van der Waals surface area contributed by atoms with Crippen molar-refractivity contribution < 1.29 is 22.9 Å². The number of aromatic carboxylic acids is 1. The van der Waals surface area contributed by atoms with Gasteiger partial charge in [-0.1, -0.05) is 11.8 Å². The summed E-state index contributed by atoms with van der Waals surface area (Å²) in [6, 6.07) is 2.94. The number of hydrogen-bond acceptors (Lipinski definition) is 6. The van der Waals surface area contributed by atoms with Gasteiger partial charge < -0.3 is 5.11 Å². The van der Waals surface area contributed by atoms with Gasteiger partial charge in [-0.05, 0) is 24.5 Å². The summed E-state index contributed by atoms with van der Waals surface area (Å²) in [5.74, 6) is -1.41. The van der Waals surface area contributed by atoms with Crippen LogP contribution in [0.5, 0.6) is 0 Å². The van der Waals surface area contributed by atoms with Crippen molar-refractivity contribution in [2.45, 2.75) is 4.90 Å². The van der Waals surface area contributed by atoms with Gasteiger partial charge in [0.05, 0.1) is 16.1 Å². The normalized spacial score (nSPS) is 11.8. The number of carbonyl (C=O) groups is 1. The molecule has 1 aromatic rings. The molecule has 0 aromatic heterocycles. The molecule has 0 unspecified atom stereocenters. The first-order valence-corrected chi connectivity index (χ1v) is 7.58. The van der Waals surface area contributed by atoms with Crippen molar-refractivity contribution in [2.24, 2.45) is 4.99 Å². The van der Waals surface area contributed by atoms with E-state index in [-0.39, 0.29) is 10.9 Å². The van der Waals surface area contributed by atoms with Gasteiger partial charge in [0.15, 0.2) is 11.4 Å². The fourth-order valence-electron chi connectivity index (χ4n) is 1.23. The van der Waals surface area contributed by atoms with Gasteiger partial charge in [0.25, 0.3) is 10.1 Å². The topological polar surface area (TPSA) is 140 Å². The maximum atomic E-state index is 11.1. The number of nitrogens with zero attached hydrogens (tertiary/aromatic N) is 2. The number of carboxylic acids is 1. The molecule has 0 spiro atoms. The van der Waals surface area contributed by atoms with Gasteiger partial charge in [-0.3, -0.25) is 9.87 Å². The molecule has 0 radical (unpaired) electrons. The summed E-state index contributed by atoms with van der Waals surface area (Å²) in [5, 5.41) is 19.9. The zero-order valence-electron chi connectivity index (χ0n) is 10.1. The number of nitriles is 1. The standard InChI is InChI=1S/C10H9N3O5S2/c1-19-10(12-5-11)13-8-3-2-6(20(16,17)18)4-7(8)9(14)15/h2-4H,1H3,(H,12,13)(H,14,15)(H,16,17,18). The van der Waals surface area contributed by atoms with Crippen LogP contribution in [0.4, 0.5) is 5.69 Å². The number of rotatable bonds is 3. The van der Waals surface area contributed by atoms with Crippen molar-refractivity contribution >= 4 is 38.7 Å². The molecule has 0 aliphatic rings. The Bertz CT molecular complexity index is 706. The largest absolute Gasteiger partial charge is 0.478 e. The van der Waals surface area contributed by atoms with Crippen LogP contribution in [0, 0.1) is 11.5 Å². The lowest BCUT2D eigenvalue weighted by molar-refractivity contribution is 0.0697. The van der Waals surface area contributed by atoms with Crippen LogP contribution in [0.15, 0.2) is 28.1 Å². The van der Waals surface area contributed by atoms with E-state index in [1.165, 1.54) is 0 Å². The monoisotopic (exact) mass is 315 g/mol. The zero-order chi connectivity index (χ0) is 15.3. The van der Waals surface area contributed by atoms with Crippen LogP contribution in [0.3, 0.4) is 0 Å². The van der Waals surface area contributed by atoms with Crippen molar-refractivity contribution in [2.75, 3.05) is 6.26 Å². The lowest BCUT2D eigenvalue weighted by Gasteiger charge is -2.05. The molecule has 0 heterocycles. The molecule has 8 nitrogen and oxygen atoms in total. The molecule has 0 saturated carbocycles. The predicted molar refractivity (Wildman–Crippen MR) is 72.6 cm³/mol. The van der Waals surface area contributed by atoms with Crippen LogP contribution in [-0.2, 0) is 10.1 Å². The molecule has 0 aliphatic heterocycles. The van der Waals surface area contributed by atoms with Crippen molar-refractivity contribution in [1.82, 2.24) is 5.32 Å². The van der Waals surface area contributed by atoms with Gasteiger partial charge in [-0.2, -0.15) is 13.7 Å². The van der Waals surface area contributed by atoms with E-state index >= 15 is 0 Å². The summed E-state index contributed by atoms with van der Waals surface area (Å²) in [6.45, 7) is 0. The summed E-state index contributed by atoms with van der Waals surface area (Å²) >= 11 is 1.08. The van der Waals surface area contributed by atoms with E-state index in [1.807, 2.05) is 0 Å². The third-order valence-electron chi connectivity index (χ3n) is 2.07. The first-order chi connectivity index (χ1) is 9.29. The molecule has 3 N–H and O–H groups in total. The molecule has 0 atom stereocenters. The van der Waals surface area contributed by atoms with Gasteiger partial charge in [0.2, 0.25) is 0 Å². The predicted octanol–water partition coefficient (Wildman–Crippen LogP) is 1.05. The van der Waals surface area contributed by atoms with E-state index in [1.54, 1.807) is 12.4 Å². The van der Waals surface area contributed by atoms with E-state index in [2.05, 4.69) is 10.3 Å². The smallest absolute Gasteiger partial charge is 0.337 e. The average Bonchev–Trinajstić information content (AvgIpc) is 2.36. The zero-order valence-corrected chi connectivity index (χ0v) is 11.7. The van der Waals surface area contributed by atoms with Gasteiger partial charge in [0.1, 0.15) is 0 Å². The van der Waals surface area contributed by atoms with Crippen LogP contribution in [-0.4, -0.2) is 35.5 Å². The highest BCUT2D eigenvalue weighted by atomic mass is 32.2. The van der Waals surface area contributed by atoms with Crippen molar-refractivity contribution in [3.05, 3.63) is 23.8 Å². The minimum atomic E-state index is -4.50.